The standard InChI is InChI=1S/C23H26F2N4O6/c1-12(2)29-16-9-27(8-13-6-14(24)7-15(25)19(13)34-5)18(17(16)20(30)26(4)22(29)32)21(31)28-10-23(3,33)11-35-28/h6-7,9,12,33H,8,10-11H2,1-5H3/t23-/m0/s1. The van der Waals surface area contributed by atoms with E-state index in [1.54, 1.807) is 13.8 Å². The number of benzene rings is 1. The van der Waals surface area contributed by atoms with Gasteiger partial charge in [0, 0.05) is 30.9 Å². The summed E-state index contributed by atoms with van der Waals surface area (Å²) >= 11 is 0. The Bertz CT molecular complexity index is 1450. The Morgan fingerprint density at radius 2 is 1.97 bits per heavy atom. The van der Waals surface area contributed by atoms with E-state index in [0.29, 0.717) is 6.07 Å². The van der Waals surface area contributed by atoms with E-state index in [4.69, 9.17) is 9.57 Å². The summed E-state index contributed by atoms with van der Waals surface area (Å²) in [7, 11) is 2.53. The molecule has 1 N–H and O–H groups in total. The van der Waals surface area contributed by atoms with Crippen molar-refractivity contribution in [1.29, 1.82) is 0 Å². The molecule has 3 aromatic rings. The van der Waals surface area contributed by atoms with Crippen LogP contribution in [0.15, 0.2) is 27.9 Å². The van der Waals surface area contributed by atoms with E-state index >= 15 is 0 Å². The highest BCUT2D eigenvalue weighted by molar-refractivity contribution is 6.05. The van der Waals surface area contributed by atoms with Gasteiger partial charge >= 0.3 is 5.69 Å². The third-order valence-electron chi connectivity index (χ3n) is 5.92. The van der Waals surface area contributed by atoms with E-state index in [9.17, 15) is 28.3 Å². The molecule has 1 aliphatic rings. The molecular formula is C23H26F2N4O6. The smallest absolute Gasteiger partial charge is 0.331 e. The fourth-order valence-electron chi connectivity index (χ4n) is 4.32. The number of hydrogen-bond donors (Lipinski definition) is 1. The zero-order valence-electron chi connectivity index (χ0n) is 20.0. The monoisotopic (exact) mass is 492 g/mol. The van der Waals surface area contributed by atoms with Crippen molar-refractivity contribution in [2.24, 2.45) is 7.05 Å². The molecule has 0 unspecified atom stereocenters. The number of nitrogens with zero attached hydrogens (tertiary/aromatic N) is 4. The van der Waals surface area contributed by atoms with Crippen molar-refractivity contribution in [3.05, 3.63) is 62.1 Å². The molecule has 2 aromatic heterocycles. The van der Waals surface area contributed by atoms with E-state index in [-0.39, 0.29) is 53.6 Å². The van der Waals surface area contributed by atoms with Crippen molar-refractivity contribution in [2.75, 3.05) is 20.3 Å². The zero-order chi connectivity index (χ0) is 25.8. The van der Waals surface area contributed by atoms with Gasteiger partial charge in [-0.1, -0.05) is 0 Å². The largest absolute Gasteiger partial charge is 0.493 e. The topological polar surface area (TPSA) is 108 Å². The maximum atomic E-state index is 14.4. The van der Waals surface area contributed by atoms with Crippen LogP contribution in [0.1, 0.15) is 42.9 Å². The number of carbonyl (C=O) groups excluding carboxylic acids is 1. The number of rotatable bonds is 5. The van der Waals surface area contributed by atoms with Gasteiger partial charge < -0.3 is 14.4 Å². The average Bonchev–Trinajstić information content (AvgIpc) is 3.31. The van der Waals surface area contributed by atoms with Crippen molar-refractivity contribution in [2.45, 2.75) is 39.0 Å². The molecule has 12 heteroatoms. The Labute approximate surface area is 198 Å². The summed E-state index contributed by atoms with van der Waals surface area (Å²) in [4.78, 5) is 45.0. The zero-order valence-corrected chi connectivity index (χ0v) is 20.0. The van der Waals surface area contributed by atoms with Gasteiger partial charge in [0.25, 0.3) is 11.5 Å². The summed E-state index contributed by atoms with van der Waals surface area (Å²) in [5.74, 6) is -2.76. The lowest BCUT2D eigenvalue weighted by Crippen LogP contribution is -2.40. The molecule has 3 heterocycles. The first kappa shape index (κ1) is 24.6. The Morgan fingerprint density at radius 3 is 2.54 bits per heavy atom. The van der Waals surface area contributed by atoms with Crippen LogP contribution in [0.5, 0.6) is 5.75 Å². The number of aliphatic hydroxyl groups is 1. The molecule has 188 valence electrons. The lowest BCUT2D eigenvalue weighted by molar-refractivity contribution is -0.0801. The fourth-order valence-corrected chi connectivity index (χ4v) is 4.32. The number of methoxy groups -OCH3 is 1. The Morgan fingerprint density at radius 1 is 1.29 bits per heavy atom. The second kappa shape index (κ2) is 8.61. The van der Waals surface area contributed by atoms with Crippen LogP contribution in [-0.2, 0) is 18.4 Å². The normalized spacial score (nSPS) is 18.1. The summed E-state index contributed by atoms with van der Waals surface area (Å²) in [6.45, 7) is 4.42. The minimum absolute atomic E-state index is 0.0585. The molecule has 0 bridgehead atoms. The van der Waals surface area contributed by atoms with E-state index in [2.05, 4.69) is 0 Å². The third kappa shape index (κ3) is 4.12. The fraction of sp³-hybridized carbons (Fsp3) is 0.435. The van der Waals surface area contributed by atoms with Crippen LogP contribution in [0.3, 0.4) is 0 Å². The molecule has 0 radical (unpaired) electrons. The van der Waals surface area contributed by atoms with Gasteiger partial charge in [0.2, 0.25) is 0 Å². The molecule has 0 saturated carbocycles. The van der Waals surface area contributed by atoms with Crippen molar-refractivity contribution < 1.29 is 28.3 Å². The van der Waals surface area contributed by atoms with Crippen molar-refractivity contribution >= 4 is 16.8 Å². The minimum atomic E-state index is -1.30. The van der Waals surface area contributed by atoms with Gasteiger partial charge in [-0.2, -0.15) is 0 Å². The predicted molar refractivity (Wildman–Crippen MR) is 121 cm³/mol. The number of ether oxygens (including phenoxy) is 1. The quantitative estimate of drug-likeness (QED) is 0.579. The predicted octanol–water partition coefficient (Wildman–Crippen LogP) is 1.56. The van der Waals surface area contributed by atoms with Crippen LogP contribution in [0.4, 0.5) is 8.78 Å². The lowest BCUT2D eigenvalue weighted by atomic mass is 10.1. The maximum Gasteiger partial charge on any atom is 0.331 e. The van der Waals surface area contributed by atoms with Crippen molar-refractivity contribution in [1.82, 2.24) is 18.8 Å². The van der Waals surface area contributed by atoms with Crippen molar-refractivity contribution in [3.8, 4) is 5.75 Å². The Balaban J connectivity index is 2.02. The van der Waals surface area contributed by atoms with Crippen LogP contribution in [-0.4, -0.2) is 55.6 Å². The Kier molecular flexibility index (Phi) is 6.05. The summed E-state index contributed by atoms with van der Waals surface area (Å²) in [5, 5.41) is 11.1. The molecule has 0 spiro atoms. The number of hydroxylamine groups is 2. The number of amides is 1. The average molecular weight is 492 g/mol. The van der Waals surface area contributed by atoms with Crippen LogP contribution < -0.4 is 16.0 Å². The lowest BCUT2D eigenvalue weighted by Gasteiger charge is -2.18. The van der Waals surface area contributed by atoms with Crippen LogP contribution >= 0.6 is 0 Å². The van der Waals surface area contributed by atoms with Crippen LogP contribution in [0, 0.1) is 11.6 Å². The highest BCUT2D eigenvalue weighted by atomic mass is 19.1. The van der Waals surface area contributed by atoms with Gasteiger partial charge in [-0.3, -0.25) is 23.6 Å². The van der Waals surface area contributed by atoms with Gasteiger partial charge in [0.1, 0.15) is 23.7 Å². The molecule has 1 amide bonds. The Hall–Kier alpha value is -3.51. The molecule has 1 aliphatic heterocycles. The third-order valence-corrected chi connectivity index (χ3v) is 5.92. The van der Waals surface area contributed by atoms with Crippen LogP contribution in [0.25, 0.3) is 10.9 Å². The van der Waals surface area contributed by atoms with E-state index in [1.807, 2.05) is 0 Å². The summed E-state index contributed by atoms with van der Waals surface area (Å²) in [6.07, 6.45) is 1.42. The number of fused-ring (bicyclic) bond motifs is 1. The molecular weight excluding hydrogens is 466 g/mol. The number of halogens is 2. The highest BCUT2D eigenvalue weighted by Gasteiger charge is 2.38. The summed E-state index contributed by atoms with van der Waals surface area (Å²) < 4.78 is 37.1. The van der Waals surface area contributed by atoms with Gasteiger partial charge in [0.05, 0.1) is 31.1 Å². The molecule has 1 fully saturated rings. The molecule has 0 aliphatic carbocycles. The van der Waals surface area contributed by atoms with Gasteiger partial charge in [-0.25, -0.2) is 18.6 Å². The second-order valence-electron chi connectivity index (χ2n) is 9.17. The van der Waals surface area contributed by atoms with Crippen LogP contribution in [0.2, 0.25) is 0 Å². The molecule has 1 saturated heterocycles. The summed E-state index contributed by atoms with van der Waals surface area (Å²) in [5.41, 5.74) is -2.50. The number of aromatic nitrogens is 3. The second-order valence-corrected chi connectivity index (χ2v) is 9.17. The number of hydrogen-bond acceptors (Lipinski definition) is 6. The first-order chi connectivity index (χ1) is 16.4. The minimum Gasteiger partial charge on any atom is -0.493 e. The van der Waals surface area contributed by atoms with Crippen molar-refractivity contribution in [3.63, 3.8) is 0 Å². The van der Waals surface area contributed by atoms with Gasteiger partial charge in [0.15, 0.2) is 11.6 Å². The molecule has 10 nitrogen and oxygen atoms in total. The maximum absolute atomic E-state index is 14.4. The SMILES string of the molecule is COc1c(F)cc(F)cc1Cn1cc2c(c1C(=O)N1C[C@](C)(O)CO1)c(=O)n(C)c(=O)n2C(C)C. The van der Waals surface area contributed by atoms with E-state index in [1.165, 1.54) is 36.4 Å². The number of carbonyl (C=O) groups is 1. The van der Waals surface area contributed by atoms with Gasteiger partial charge in [-0.15, -0.1) is 0 Å². The van der Waals surface area contributed by atoms with E-state index < -0.39 is 34.4 Å². The highest BCUT2D eigenvalue weighted by Crippen LogP contribution is 2.29. The molecule has 35 heavy (non-hydrogen) atoms. The molecule has 1 aromatic carbocycles. The first-order valence-corrected chi connectivity index (χ1v) is 10.9. The first-order valence-electron chi connectivity index (χ1n) is 10.9. The van der Waals surface area contributed by atoms with Gasteiger partial charge in [-0.05, 0) is 26.8 Å². The number of β-amino-alcohol motifs (C(OH)–C–C–N with tert-alkyl or cyclic N) is 1. The molecule has 4 rings (SSSR count). The molecule has 1 atom stereocenters. The van der Waals surface area contributed by atoms with E-state index in [0.717, 1.165) is 15.7 Å². The summed E-state index contributed by atoms with van der Waals surface area (Å²) in [6, 6.07) is 1.36.